The Morgan fingerprint density at radius 3 is 2.71 bits per heavy atom. The Labute approximate surface area is 97.9 Å². The Bertz CT molecular complexity index is 641. The summed E-state index contributed by atoms with van der Waals surface area (Å²) < 4.78 is 27.6. The molecular weight excluding hydrogens is 244 g/mol. The molecular formula is C8H12N6O2S. The number of aryl methyl sites for hydroxylation is 2. The molecule has 0 fully saturated rings. The van der Waals surface area contributed by atoms with Crippen LogP contribution in [0.1, 0.15) is 5.69 Å². The third kappa shape index (κ3) is 2.09. The molecule has 0 unspecified atom stereocenters. The maximum Gasteiger partial charge on any atom is 0.282 e. The molecule has 0 amide bonds. The predicted octanol–water partition coefficient (Wildman–Crippen LogP) is -0.165. The van der Waals surface area contributed by atoms with Crippen molar-refractivity contribution in [3.05, 3.63) is 18.2 Å². The lowest BCUT2D eigenvalue weighted by Crippen LogP contribution is -2.14. The summed E-state index contributed by atoms with van der Waals surface area (Å²) >= 11 is 0. The highest BCUT2D eigenvalue weighted by atomic mass is 32.2. The summed E-state index contributed by atoms with van der Waals surface area (Å²) in [5.41, 5.74) is 6.52. The molecule has 0 saturated carbocycles. The Hall–Kier alpha value is -2.03. The van der Waals surface area contributed by atoms with Crippen molar-refractivity contribution in [1.29, 1.82) is 0 Å². The van der Waals surface area contributed by atoms with E-state index in [9.17, 15) is 8.42 Å². The molecule has 2 rings (SSSR count). The SMILES string of the molecule is Cc1[nH]nc(NS(=O)(=O)c2cn(C)cn2)c1N. The number of aromatic amines is 1. The Balaban J connectivity index is 2.33. The van der Waals surface area contributed by atoms with Crippen molar-refractivity contribution in [2.75, 3.05) is 10.5 Å². The molecule has 0 saturated heterocycles. The summed E-state index contributed by atoms with van der Waals surface area (Å²) in [5.74, 6) is 0.0770. The van der Waals surface area contributed by atoms with Crippen molar-refractivity contribution in [2.45, 2.75) is 11.9 Å². The van der Waals surface area contributed by atoms with Crippen molar-refractivity contribution in [3.8, 4) is 0 Å². The molecule has 0 spiro atoms. The number of anilines is 2. The highest BCUT2D eigenvalue weighted by Gasteiger charge is 2.20. The predicted molar refractivity (Wildman–Crippen MR) is 61.8 cm³/mol. The van der Waals surface area contributed by atoms with Gasteiger partial charge in [0.2, 0.25) is 0 Å². The lowest BCUT2D eigenvalue weighted by atomic mass is 10.4. The number of nitrogens with zero attached hydrogens (tertiary/aromatic N) is 3. The third-order valence-electron chi connectivity index (χ3n) is 2.18. The average Bonchev–Trinajstić information content (AvgIpc) is 2.80. The van der Waals surface area contributed by atoms with Crippen LogP contribution in [0.5, 0.6) is 0 Å². The second-order valence-electron chi connectivity index (χ2n) is 3.59. The Morgan fingerprint density at radius 2 is 2.24 bits per heavy atom. The van der Waals surface area contributed by atoms with Crippen LogP contribution in [0.2, 0.25) is 0 Å². The number of nitrogens with one attached hydrogen (secondary N) is 2. The van der Waals surface area contributed by atoms with Gasteiger partial charge in [-0.3, -0.25) is 9.82 Å². The number of nitrogens with two attached hydrogens (primary N) is 1. The fourth-order valence-electron chi connectivity index (χ4n) is 1.22. The van der Waals surface area contributed by atoms with E-state index in [1.165, 1.54) is 17.1 Å². The molecule has 8 nitrogen and oxygen atoms in total. The topological polar surface area (TPSA) is 119 Å². The molecule has 2 heterocycles. The van der Waals surface area contributed by atoms with Gasteiger partial charge >= 0.3 is 0 Å². The van der Waals surface area contributed by atoms with Gasteiger partial charge < -0.3 is 10.3 Å². The molecule has 0 aliphatic rings. The van der Waals surface area contributed by atoms with Crippen LogP contribution in [-0.4, -0.2) is 28.2 Å². The first-order chi connectivity index (χ1) is 7.90. The van der Waals surface area contributed by atoms with Crippen molar-refractivity contribution in [3.63, 3.8) is 0 Å². The molecule has 2 aromatic heterocycles. The van der Waals surface area contributed by atoms with Crippen LogP contribution in [0.3, 0.4) is 0 Å². The molecule has 17 heavy (non-hydrogen) atoms. The fraction of sp³-hybridized carbons (Fsp3) is 0.250. The number of nitrogen functional groups attached to an aromatic ring is 1. The van der Waals surface area contributed by atoms with Crippen LogP contribution in [0.4, 0.5) is 11.5 Å². The van der Waals surface area contributed by atoms with E-state index in [4.69, 9.17) is 5.73 Å². The highest BCUT2D eigenvalue weighted by molar-refractivity contribution is 7.92. The first-order valence-corrected chi connectivity index (χ1v) is 6.19. The van der Waals surface area contributed by atoms with Crippen molar-refractivity contribution >= 4 is 21.5 Å². The van der Waals surface area contributed by atoms with E-state index < -0.39 is 10.0 Å². The van der Waals surface area contributed by atoms with Crippen LogP contribution in [0.25, 0.3) is 0 Å². The van der Waals surface area contributed by atoms with E-state index in [0.29, 0.717) is 5.69 Å². The van der Waals surface area contributed by atoms with E-state index in [-0.39, 0.29) is 16.5 Å². The minimum atomic E-state index is -3.75. The fourth-order valence-corrected chi connectivity index (χ4v) is 2.23. The standard InChI is InChI=1S/C8H12N6O2S/c1-5-7(9)8(12-11-5)13-17(15,16)6-3-14(2)4-10-6/h3-4H,9H2,1-2H3,(H2,11,12,13). The Kier molecular flexibility index (Phi) is 2.54. The molecule has 92 valence electrons. The van der Waals surface area contributed by atoms with Crippen molar-refractivity contribution < 1.29 is 8.42 Å². The van der Waals surface area contributed by atoms with E-state index in [2.05, 4.69) is 19.9 Å². The van der Waals surface area contributed by atoms with Gasteiger partial charge in [0, 0.05) is 13.2 Å². The summed E-state index contributed by atoms with van der Waals surface area (Å²) in [5, 5.41) is 6.26. The molecule has 0 bridgehead atoms. The van der Waals surface area contributed by atoms with Crippen molar-refractivity contribution in [2.24, 2.45) is 7.05 Å². The summed E-state index contributed by atoms with van der Waals surface area (Å²) in [4.78, 5) is 3.75. The molecule has 9 heteroatoms. The summed E-state index contributed by atoms with van der Waals surface area (Å²) in [6.07, 6.45) is 2.78. The molecule has 4 N–H and O–H groups in total. The van der Waals surface area contributed by atoms with Crippen LogP contribution in [-0.2, 0) is 17.1 Å². The van der Waals surface area contributed by atoms with E-state index >= 15 is 0 Å². The van der Waals surface area contributed by atoms with Gasteiger partial charge in [0.1, 0.15) is 0 Å². The maximum atomic E-state index is 11.9. The number of rotatable bonds is 3. The zero-order valence-corrected chi connectivity index (χ0v) is 10.1. The minimum Gasteiger partial charge on any atom is -0.394 e. The van der Waals surface area contributed by atoms with Gasteiger partial charge in [0.05, 0.1) is 17.7 Å². The number of H-pyrrole nitrogens is 1. The maximum absolute atomic E-state index is 11.9. The second-order valence-corrected chi connectivity index (χ2v) is 5.22. The number of imidazole rings is 1. The van der Waals surface area contributed by atoms with Gasteiger partial charge in [-0.05, 0) is 6.92 Å². The zero-order chi connectivity index (χ0) is 12.6. The van der Waals surface area contributed by atoms with Crippen molar-refractivity contribution in [1.82, 2.24) is 19.7 Å². The summed E-state index contributed by atoms with van der Waals surface area (Å²) in [7, 11) is -2.07. The number of aromatic nitrogens is 4. The number of sulfonamides is 1. The quantitative estimate of drug-likeness (QED) is 0.704. The zero-order valence-electron chi connectivity index (χ0n) is 9.30. The largest absolute Gasteiger partial charge is 0.394 e. The van der Waals surface area contributed by atoms with Gasteiger partial charge in [0.15, 0.2) is 10.8 Å². The molecule has 0 aromatic carbocycles. The van der Waals surface area contributed by atoms with Gasteiger partial charge in [-0.1, -0.05) is 0 Å². The van der Waals surface area contributed by atoms with Gasteiger partial charge in [-0.25, -0.2) is 4.98 Å². The van der Waals surface area contributed by atoms with Gasteiger partial charge in [-0.15, -0.1) is 0 Å². The lowest BCUT2D eigenvalue weighted by Gasteiger charge is -2.02. The minimum absolute atomic E-state index is 0.0770. The van der Waals surface area contributed by atoms with E-state index in [1.54, 1.807) is 14.0 Å². The lowest BCUT2D eigenvalue weighted by molar-refractivity contribution is 0.598. The molecule has 0 aliphatic carbocycles. The van der Waals surface area contributed by atoms with Gasteiger partial charge in [0.25, 0.3) is 10.0 Å². The number of hydrogen-bond donors (Lipinski definition) is 3. The van der Waals surface area contributed by atoms with Crippen LogP contribution < -0.4 is 10.5 Å². The van der Waals surface area contributed by atoms with Gasteiger partial charge in [-0.2, -0.15) is 13.5 Å². The van der Waals surface area contributed by atoms with Crippen LogP contribution in [0, 0.1) is 6.92 Å². The first-order valence-electron chi connectivity index (χ1n) is 4.71. The second kappa shape index (κ2) is 3.77. The van der Waals surface area contributed by atoms with Crippen LogP contribution in [0.15, 0.2) is 17.6 Å². The normalized spacial score (nSPS) is 11.6. The monoisotopic (exact) mass is 256 g/mol. The average molecular weight is 256 g/mol. The highest BCUT2D eigenvalue weighted by Crippen LogP contribution is 2.21. The molecule has 0 radical (unpaired) electrons. The summed E-state index contributed by atoms with van der Waals surface area (Å²) in [6, 6.07) is 0. The molecule has 2 aromatic rings. The molecule has 0 atom stereocenters. The van der Waals surface area contributed by atoms with E-state index in [1.807, 2.05) is 0 Å². The smallest absolute Gasteiger partial charge is 0.282 e. The Morgan fingerprint density at radius 1 is 1.53 bits per heavy atom. The van der Waals surface area contributed by atoms with Crippen LogP contribution >= 0.6 is 0 Å². The number of hydrogen-bond acceptors (Lipinski definition) is 5. The van der Waals surface area contributed by atoms with E-state index in [0.717, 1.165) is 0 Å². The third-order valence-corrected chi connectivity index (χ3v) is 3.41. The molecule has 0 aliphatic heterocycles. The summed E-state index contributed by atoms with van der Waals surface area (Å²) in [6.45, 7) is 1.70. The first kappa shape index (κ1) is 11.5.